The molecule has 0 heterocycles. The maximum absolute atomic E-state index is 9.62. The summed E-state index contributed by atoms with van der Waals surface area (Å²) in [6.07, 6.45) is 1.29. The summed E-state index contributed by atoms with van der Waals surface area (Å²) in [6.45, 7) is 8.46. The molecule has 0 saturated carbocycles. The van der Waals surface area contributed by atoms with Gasteiger partial charge in [0.15, 0.2) is 0 Å². The Bertz CT molecular complexity index is 327. The first-order valence-electron chi connectivity index (χ1n) is 5.74. The van der Waals surface area contributed by atoms with Crippen molar-refractivity contribution in [3.05, 3.63) is 42.0 Å². The van der Waals surface area contributed by atoms with Crippen LogP contribution in [0.4, 0.5) is 0 Å². The number of hydrogen-bond donors (Lipinski definition) is 1. The van der Waals surface area contributed by atoms with Crippen molar-refractivity contribution >= 4 is 0 Å². The third-order valence-electron chi connectivity index (χ3n) is 2.59. The van der Waals surface area contributed by atoms with Crippen LogP contribution >= 0.6 is 0 Å². The van der Waals surface area contributed by atoms with Crippen molar-refractivity contribution in [2.75, 3.05) is 6.61 Å². The summed E-state index contributed by atoms with van der Waals surface area (Å²) in [5.41, 5.74) is 2.02. The molecule has 1 aromatic carbocycles. The molecule has 1 unspecified atom stereocenters. The molecule has 1 atom stereocenters. The first-order chi connectivity index (χ1) is 7.67. The van der Waals surface area contributed by atoms with Crippen LogP contribution < -0.4 is 4.74 Å². The van der Waals surface area contributed by atoms with Crippen LogP contribution in [0, 0.1) is 0 Å². The van der Waals surface area contributed by atoms with Gasteiger partial charge in [-0.05, 0) is 36.1 Å². The number of aliphatic hydroxyl groups is 1. The van der Waals surface area contributed by atoms with E-state index in [0.717, 1.165) is 29.7 Å². The second kappa shape index (κ2) is 6.33. The monoisotopic (exact) mass is 220 g/mol. The molecule has 0 fully saturated rings. The van der Waals surface area contributed by atoms with E-state index in [2.05, 4.69) is 13.5 Å². The number of ether oxygens (including phenoxy) is 1. The summed E-state index contributed by atoms with van der Waals surface area (Å²) in [6, 6.07) is 7.57. The average Bonchev–Trinajstić information content (AvgIpc) is 2.35. The lowest BCUT2D eigenvalue weighted by atomic mass is 10.1. The highest BCUT2D eigenvalue weighted by molar-refractivity contribution is 5.28. The molecule has 1 N–H and O–H groups in total. The average molecular weight is 220 g/mol. The lowest BCUT2D eigenvalue weighted by Crippen LogP contribution is -2.00. The van der Waals surface area contributed by atoms with Crippen LogP contribution in [0.3, 0.4) is 0 Å². The Balaban J connectivity index is 2.54. The minimum absolute atomic E-state index is 0.375. The summed E-state index contributed by atoms with van der Waals surface area (Å²) >= 11 is 0. The van der Waals surface area contributed by atoms with Crippen LogP contribution in [-0.2, 0) is 0 Å². The van der Waals surface area contributed by atoms with Crippen molar-refractivity contribution in [1.82, 2.24) is 0 Å². The molecule has 0 aliphatic carbocycles. The van der Waals surface area contributed by atoms with Gasteiger partial charge in [0.1, 0.15) is 12.4 Å². The van der Waals surface area contributed by atoms with Crippen molar-refractivity contribution in [3.8, 4) is 5.75 Å². The Kier molecular flexibility index (Phi) is 5.06. The summed E-state index contributed by atoms with van der Waals surface area (Å²) in [7, 11) is 0. The molecule has 0 saturated heterocycles. The minimum atomic E-state index is -0.375. The van der Waals surface area contributed by atoms with E-state index in [-0.39, 0.29) is 6.10 Å². The molecule has 1 rings (SSSR count). The number of rotatable bonds is 6. The molecule has 0 amide bonds. The van der Waals surface area contributed by atoms with Crippen LogP contribution in [-0.4, -0.2) is 11.7 Å². The third-order valence-corrected chi connectivity index (χ3v) is 2.59. The third kappa shape index (κ3) is 3.70. The van der Waals surface area contributed by atoms with Gasteiger partial charge in [-0.3, -0.25) is 0 Å². The highest BCUT2D eigenvalue weighted by Gasteiger charge is 2.04. The van der Waals surface area contributed by atoms with E-state index in [1.165, 1.54) is 0 Å². The second-order valence-electron chi connectivity index (χ2n) is 3.89. The van der Waals surface area contributed by atoms with E-state index in [1.807, 2.05) is 31.2 Å². The lowest BCUT2D eigenvalue weighted by Gasteiger charge is -2.10. The van der Waals surface area contributed by atoms with Crippen LogP contribution in [0.5, 0.6) is 5.75 Å². The van der Waals surface area contributed by atoms with E-state index < -0.39 is 0 Å². The SMILES string of the molecule is C=C(CC)COc1ccc(C(O)CC)cc1. The van der Waals surface area contributed by atoms with Crippen molar-refractivity contribution in [2.24, 2.45) is 0 Å². The van der Waals surface area contributed by atoms with Gasteiger partial charge in [-0.2, -0.15) is 0 Å². The zero-order valence-electron chi connectivity index (χ0n) is 10.1. The molecule has 2 heteroatoms. The topological polar surface area (TPSA) is 29.5 Å². The van der Waals surface area contributed by atoms with Crippen molar-refractivity contribution in [1.29, 1.82) is 0 Å². The molecular formula is C14H20O2. The molecule has 88 valence electrons. The van der Waals surface area contributed by atoms with Gasteiger partial charge < -0.3 is 9.84 Å². The van der Waals surface area contributed by atoms with Crippen LogP contribution in [0.2, 0.25) is 0 Å². The quantitative estimate of drug-likeness (QED) is 0.744. The standard InChI is InChI=1S/C14H20O2/c1-4-11(3)10-16-13-8-6-12(7-9-13)14(15)5-2/h6-9,14-15H,3-5,10H2,1-2H3. The molecule has 0 aliphatic rings. The largest absolute Gasteiger partial charge is 0.489 e. The van der Waals surface area contributed by atoms with Gasteiger partial charge in [-0.15, -0.1) is 0 Å². The first-order valence-corrected chi connectivity index (χ1v) is 5.74. The van der Waals surface area contributed by atoms with Gasteiger partial charge in [-0.1, -0.05) is 32.6 Å². The van der Waals surface area contributed by atoms with E-state index >= 15 is 0 Å². The molecular weight excluding hydrogens is 200 g/mol. The van der Waals surface area contributed by atoms with Crippen molar-refractivity contribution in [2.45, 2.75) is 32.8 Å². The summed E-state index contributed by atoms with van der Waals surface area (Å²) < 4.78 is 5.55. The van der Waals surface area contributed by atoms with Gasteiger partial charge >= 0.3 is 0 Å². The predicted octanol–water partition coefficient (Wildman–Crippen LogP) is 3.48. The van der Waals surface area contributed by atoms with Gasteiger partial charge in [0.25, 0.3) is 0 Å². The van der Waals surface area contributed by atoms with E-state index in [1.54, 1.807) is 0 Å². The second-order valence-corrected chi connectivity index (χ2v) is 3.89. The minimum Gasteiger partial charge on any atom is -0.489 e. The molecule has 0 aromatic heterocycles. The van der Waals surface area contributed by atoms with Gasteiger partial charge in [0.2, 0.25) is 0 Å². The Hall–Kier alpha value is -1.28. The fourth-order valence-corrected chi connectivity index (χ4v) is 1.31. The number of benzene rings is 1. The highest BCUT2D eigenvalue weighted by atomic mass is 16.5. The number of aliphatic hydroxyl groups excluding tert-OH is 1. The lowest BCUT2D eigenvalue weighted by molar-refractivity contribution is 0.173. The fraction of sp³-hybridized carbons (Fsp3) is 0.429. The van der Waals surface area contributed by atoms with E-state index in [0.29, 0.717) is 6.61 Å². The Labute approximate surface area is 97.6 Å². The van der Waals surface area contributed by atoms with Gasteiger partial charge in [-0.25, -0.2) is 0 Å². The summed E-state index contributed by atoms with van der Waals surface area (Å²) in [5.74, 6) is 0.821. The normalized spacial score (nSPS) is 12.2. The maximum Gasteiger partial charge on any atom is 0.119 e. The molecule has 0 radical (unpaired) electrons. The van der Waals surface area contributed by atoms with Gasteiger partial charge in [0, 0.05) is 0 Å². The zero-order valence-corrected chi connectivity index (χ0v) is 10.1. The summed E-state index contributed by atoms with van der Waals surface area (Å²) in [5, 5.41) is 9.62. The fourth-order valence-electron chi connectivity index (χ4n) is 1.31. The Morgan fingerprint density at radius 1 is 1.31 bits per heavy atom. The molecule has 2 nitrogen and oxygen atoms in total. The maximum atomic E-state index is 9.62. The van der Waals surface area contributed by atoms with Crippen LogP contribution in [0.1, 0.15) is 38.4 Å². The molecule has 16 heavy (non-hydrogen) atoms. The zero-order chi connectivity index (χ0) is 12.0. The Morgan fingerprint density at radius 3 is 2.44 bits per heavy atom. The predicted molar refractivity (Wildman–Crippen MR) is 66.6 cm³/mol. The number of hydrogen-bond acceptors (Lipinski definition) is 2. The van der Waals surface area contributed by atoms with Crippen molar-refractivity contribution in [3.63, 3.8) is 0 Å². The van der Waals surface area contributed by atoms with Crippen LogP contribution in [0.25, 0.3) is 0 Å². The smallest absolute Gasteiger partial charge is 0.119 e. The van der Waals surface area contributed by atoms with E-state index in [9.17, 15) is 5.11 Å². The van der Waals surface area contributed by atoms with E-state index in [4.69, 9.17) is 4.74 Å². The molecule has 0 aliphatic heterocycles. The molecule has 1 aromatic rings. The Morgan fingerprint density at radius 2 is 1.94 bits per heavy atom. The van der Waals surface area contributed by atoms with Gasteiger partial charge in [0.05, 0.1) is 6.10 Å². The van der Waals surface area contributed by atoms with Crippen LogP contribution in [0.15, 0.2) is 36.4 Å². The first kappa shape index (κ1) is 12.8. The summed E-state index contributed by atoms with van der Waals surface area (Å²) in [4.78, 5) is 0. The highest BCUT2D eigenvalue weighted by Crippen LogP contribution is 2.20. The molecule has 0 bridgehead atoms. The molecule has 0 spiro atoms. The van der Waals surface area contributed by atoms with Crippen molar-refractivity contribution < 1.29 is 9.84 Å².